The molecule has 0 aromatic heterocycles. The van der Waals surface area contributed by atoms with Gasteiger partial charge in [0.05, 0.1) is 36.3 Å². The molecule has 0 bridgehead atoms. The highest BCUT2D eigenvalue weighted by atomic mass is 16.7. The third-order valence-corrected chi connectivity index (χ3v) is 13.6. The van der Waals surface area contributed by atoms with Gasteiger partial charge in [-0.3, -0.25) is 4.79 Å². The summed E-state index contributed by atoms with van der Waals surface area (Å²) in [5.41, 5.74) is 3.68. The van der Waals surface area contributed by atoms with Gasteiger partial charge in [0.25, 0.3) is 0 Å². The van der Waals surface area contributed by atoms with Crippen molar-refractivity contribution in [3.63, 3.8) is 0 Å². The zero-order valence-corrected chi connectivity index (χ0v) is 30.9. The van der Waals surface area contributed by atoms with E-state index in [1.807, 2.05) is 30.3 Å². The summed E-state index contributed by atoms with van der Waals surface area (Å²) in [4.78, 5) is 25.9. The minimum atomic E-state index is -1.69. The van der Waals surface area contributed by atoms with E-state index in [1.165, 1.54) is 23.3 Å². The fourth-order valence-electron chi connectivity index (χ4n) is 11.2. The molecule has 2 saturated heterocycles. The molecule has 10 atom stereocenters. The Morgan fingerprint density at radius 3 is 2.64 bits per heavy atom. The van der Waals surface area contributed by atoms with Gasteiger partial charge in [-0.25, -0.2) is 4.79 Å². The summed E-state index contributed by atoms with van der Waals surface area (Å²) < 4.78 is 25.4. The minimum absolute atomic E-state index is 0.0413. The number of benzene rings is 3. The second-order valence-electron chi connectivity index (χ2n) is 16.4. The molecule has 0 radical (unpaired) electrons. The number of hydrogen-bond donors (Lipinski definition) is 5. The van der Waals surface area contributed by atoms with E-state index in [-0.39, 0.29) is 52.7 Å². The van der Waals surface area contributed by atoms with Gasteiger partial charge in [-0.15, -0.1) is 0 Å². The number of ether oxygens (including phenoxy) is 4. The summed E-state index contributed by atoms with van der Waals surface area (Å²) in [6.45, 7) is 2.81. The molecule has 10 unspecified atom stereocenters. The lowest BCUT2D eigenvalue weighted by atomic mass is 9.52. The molecule has 4 fully saturated rings. The van der Waals surface area contributed by atoms with Crippen LogP contribution in [0.15, 0.2) is 71.3 Å². The van der Waals surface area contributed by atoms with Crippen LogP contribution in [0.4, 0.5) is 0 Å². The number of aliphatic hydroxyl groups is 3. The number of aromatic hydroxyl groups is 1. The van der Waals surface area contributed by atoms with Crippen LogP contribution in [0.3, 0.4) is 0 Å². The molecule has 3 aliphatic heterocycles. The second-order valence-corrected chi connectivity index (χ2v) is 16.4. The Labute approximate surface area is 319 Å². The Bertz CT molecular complexity index is 2080. The topological polar surface area (TPSA) is 172 Å². The van der Waals surface area contributed by atoms with Crippen molar-refractivity contribution in [3.8, 4) is 11.5 Å². The Kier molecular flexibility index (Phi) is 9.38. The number of hydrogen-bond acceptors (Lipinski definition) is 10. The molecule has 55 heavy (non-hydrogen) atoms. The summed E-state index contributed by atoms with van der Waals surface area (Å²) in [6, 6.07) is 13.7. The van der Waals surface area contributed by atoms with E-state index in [0.717, 1.165) is 43.4 Å². The molecule has 6 aliphatic rings. The number of carboxylic acid groups (broad SMARTS) is 1. The van der Waals surface area contributed by atoms with Crippen LogP contribution in [0.25, 0.3) is 10.8 Å². The number of allylic oxidation sites excluding steroid dienone is 2. The summed E-state index contributed by atoms with van der Waals surface area (Å²) in [6.07, 6.45) is 1.31. The van der Waals surface area contributed by atoms with Crippen molar-refractivity contribution in [2.45, 2.75) is 82.1 Å². The van der Waals surface area contributed by atoms with Crippen LogP contribution in [0.1, 0.15) is 70.4 Å². The lowest BCUT2D eigenvalue weighted by Crippen LogP contribution is -2.69. The number of rotatable bonds is 8. The number of aromatic carboxylic acids is 1. The van der Waals surface area contributed by atoms with Crippen molar-refractivity contribution in [2.24, 2.45) is 29.6 Å². The molecule has 3 aliphatic carbocycles. The summed E-state index contributed by atoms with van der Waals surface area (Å²) >= 11 is 0. The number of Topliss-reactive ketones (excluding diaryl/α,β-unsaturated/α-hetero) is 1. The van der Waals surface area contributed by atoms with Crippen molar-refractivity contribution in [3.05, 3.63) is 93.6 Å². The van der Waals surface area contributed by atoms with Gasteiger partial charge in [0, 0.05) is 18.9 Å². The van der Waals surface area contributed by atoms with Crippen LogP contribution in [0.2, 0.25) is 0 Å². The lowest BCUT2D eigenvalue weighted by Gasteiger charge is -2.56. The van der Waals surface area contributed by atoms with Crippen molar-refractivity contribution >= 4 is 22.5 Å². The number of aliphatic hydroxyl groups excluding tert-OH is 3. The molecule has 11 heteroatoms. The summed E-state index contributed by atoms with van der Waals surface area (Å²) in [5, 5.41) is 57.1. The Morgan fingerprint density at radius 2 is 1.85 bits per heavy atom. The zero-order valence-electron chi connectivity index (χ0n) is 30.9. The van der Waals surface area contributed by atoms with E-state index in [4.69, 9.17) is 18.9 Å². The number of carbonyl (C=O) groups excluding carboxylic acids is 1. The molecule has 5 N–H and O–H groups in total. The van der Waals surface area contributed by atoms with E-state index >= 15 is 0 Å². The quantitative estimate of drug-likeness (QED) is 0.190. The lowest BCUT2D eigenvalue weighted by molar-refractivity contribution is -0.326. The SMILES string of the molecule is Cc1cc2cc(C(=O)O)cc(OC3OC(CO)C4(CC5C6=C(CC=C6C6COCC7CCCC5C76)CO4)C(O)C3O)c2c(O)c1C(=O)CCc1ccccc1. The van der Waals surface area contributed by atoms with Crippen molar-refractivity contribution in [2.75, 3.05) is 26.4 Å². The maximum absolute atomic E-state index is 13.6. The maximum Gasteiger partial charge on any atom is 0.335 e. The van der Waals surface area contributed by atoms with Gasteiger partial charge < -0.3 is 44.5 Å². The molecule has 3 heterocycles. The van der Waals surface area contributed by atoms with Gasteiger partial charge >= 0.3 is 5.97 Å². The Morgan fingerprint density at radius 1 is 1.04 bits per heavy atom. The van der Waals surface area contributed by atoms with Crippen molar-refractivity contribution in [1.29, 1.82) is 0 Å². The Balaban J connectivity index is 1.04. The number of ketones is 1. The highest BCUT2D eigenvalue weighted by Gasteiger charge is 2.62. The van der Waals surface area contributed by atoms with Crippen LogP contribution in [-0.4, -0.2) is 93.9 Å². The Hall–Kier alpha value is -4.10. The van der Waals surface area contributed by atoms with E-state index in [0.29, 0.717) is 54.1 Å². The summed E-state index contributed by atoms with van der Waals surface area (Å²) in [5.74, 6) is -0.465. The van der Waals surface area contributed by atoms with Crippen molar-refractivity contribution in [1.82, 2.24) is 0 Å². The first-order valence-corrected chi connectivity index (χ1v) is 19.6. The highest BCUT2D eigenvalue weighted by molar-refractivity contribution is 6.09. The average Bonchev–Trinajstić information content (AvgIpc) is 3.54. The number of aryl methyl sites for hydroxylation is 2. The maximum atomic E-state index is 13.6. The molecule has 2 saturated carbocycles. The van der Waals surface area contributed by atoms with Gasteiger partial charge in [-0.1, -0.05) is 48.9 Å². The van der Waals surface area contributed by atoms with E-state index in [9.17, 15) is 35.1 Å². The predicted molar refractivity (Wildman–Crippen MR) is 200 cm³/mol. The van der Waals surface area contributed by atoms with E-state index in [1.54, 1.807) is 13.0 Å². The number of carboxylic acids is 1. The zero-order chi connectivity index (χ0) is 38.2. The summed E-state index contributed by atoms with van der Waals surface area (Å²) in [7, 11) is 0. The molecule has 3 aromatic rings. The third-order valence-electron chi connectivity index (χ3n) is 13.6. The smallest absolute Gasteiger partial charge is 0.335 e. The first kappa shape index (κ1) is 36.5. The number of fused-ring (bicyclic) bond motifs is 3. The monoisotopic (exact) mass is 752 g/mol. The molecule has 3 aromatic carbocycles. The van der Waals surface area contributed by atoms with Crippen LogP contribution in [-0.2, 0) is 20.6 Å². The van der Waals surface area contributed by atoms with Crippen LogP contribution < -0.4 is 4.74 Å². The standard InChI is InChI=1S/C44H48O11/c1-22-14-26-15-27(42(50)51)16-33(38(26)39(47)35(22)32(46)13-10-23-6-3-2-4-7-23)54-43-40(48)41(49)44(34(18-45)55-43)17-30-28-9-5-8-24-19-52-21-31(37(24)28)29-12-11-25(20-53-44)36(29)30/h2-4,6-7,12,14-16,24,28,30-31,34,37,40-41,43,45,47-49H,5,8-11,13,17-21H2,1H3,(H,50,51). The predicted octanol–water partition coefficient (Wildman–Crippen LogP) is 5.28. The van der Waals surface area contributed by atoms with E-state index < -0.39 is 42.8 Å². The highest BCUT2D eigenvalue weighted by Crippen LogP contribution is 2.61. The van der Waals surface area contributed by atoms with Gasteiger partial charge in [-0.2, -0.15) is 0 Å². The molecule has 0 amide bonds. The fourth-order valence-corrected chi connectivity index (χ4v) is 11.2. The van der Waals surface area contributed by atoms with Crippen LogP contribution >= 0.6 is 0 Å². The first-order chi connectivity index (χ1) is 26.6. The van der Waals surface area contributed by atoms with Gasteiger partial charge in [-0.05, 0) is 108 Å². The van der Waals surface area contributed by atoms with Crippen LogP contribution in [0.5, 0.6) is 11.5 Å². The number of carbonyl (C=O) groups is 2. The average molecular weight is 753 g/mol. The molecular formula is C44H48O11. The number of phenolic OH excluding ortho intramolecular Hbond substituents is 1. The third kappa shape index (κ3) is 5.93. The largest absolute Gasteiger partial charge is 0.506 e. The van der Waals surface area contributed by atoms with Gasteiger partial charge in [0.2, 0.25) is 6.29 Å². The van der Waals surface area contributed by atoms with Gasteiger partial charge in [0.15, 0.2) is 5.78 Å². The van der Waals surface area contributed by atoms with Crippen LogP contribution in [0, 0.1) is 36.5 Å². The van der Waals surface area contributed by atoms with Crippen molar-refractivity contribution < 1.29 is 54.1 Å². The minimum Gasteiger partial charge on any atom is -0.506 e. The normalized spacial score (nSPS) is 33.8. The molecular weight excluding hydrogens is 704 g/mol. The molecule has 9 rings (SSSR count). The van der Waals surface area contributed by atoms with Gasteiger partial charge in [0.1, 0.15) is 35.4 Å². The first-order valence-electron chi connectivity index (χ1n) is 19.6. The second kappa shape index (κ2) is 14.1. The molecule has 1 spiro atoms. The molecule has 11 nitrogen and oxygen atoms in total. The van der Waals surface area contributed by atoms with E-state index in [2.05, 4.69) is 6.08 Å². The fraction of sp³-hybridized carbons (Fsp3) is 0.500. The number of phenols is 1. The molecule has 290 valence electrons.